The largest absolute Gasteiger partial charge is 0.385 e. The van der Waals surface area contributed by atoms with Gasteiger partial charge in [0.25, 0.3) is 5.69 Å². The van der Waals surface area contributed by atoms with Crippen LogP contribution in [0.3, 0.4) is 0 Å². The van der Waals surface area contributed by atoms with Crippen LogP contribution in [-0.2, 0) is 6.42 Å². The lowest BCUT2D eigenvalue weighted by atomic mass is 10.1. The fourth-order valence-electron chi connectivity index (χ4n) is 2.06. The third kappa shape index (κ3) is 4.05. The van der Waals surface area contributed by atoms with E-state index < -0.39 is 4.92 Å². The van der Waals surface area contributed by atoms with Crippen LogP contribution in [0.4, 0.5) is 11.4 Å². The van der Waals surface area contributed by atoms with Crippen molar-refractivity contribution in [1.82, 2.24) is 0 Å². The molecule has 2 aromatic rings. The molecule has 0 radical (unpaired) electrons. The minimum atomic E-state index is -0.534. The highest BCUT2D eigenvalue weighted by Gasteiger charge is 2.13. The van der Waals surface area contributed by atoms with Gasteiger partial charge in [0.1, 0.15) is 11.6 Å². The average Bonchev–Trinajstić information content (AvgIpc) is 2.52. The van der Waals surface area contributed by atoms with E-state index in [0.29, 0.717) is 5.69 Å². The smallest absolute Gasteiger partial charge is 0.289 e. The lowest BCUT2D eigenvalue weighted by molar-refractivity contribution is -0.385. The molecule has 0 amide bonds. The van der Waals surface area contributed by atoms with E-state index in [-0.39, 0.29) is 11.3 Å². The number of nitrogens with one attached hydrogen (secondary N) is 1. The van der Waals surface area contributed by atoms with Crippen LogP contribution in [0, 0.1) is 21.4 Å². The number of nitriles is 1. The van der Waals surface area contributed by atoms with Crippen LogP contribution in [0.15, 0.2) is 48.5 Å². The summed E-state index contributed by atoms with van der Waals surface area (Å²) in [6, 6.07) is 16.5. The van der Waals surface area contributed by atoms with Crippen LogP contribution in [0.25, 0.3) is 0 Å². The summed E-state index contributed by atoms with van der Waals surface area (Å²) in [4.78, 5) is 10.3. The molecule has 0 unspecified atom stereocenters. The third-order valence-electron chi connectivity index (χ3n) is 3.13. The number of nitro groups is 1. The summed E-state index contributed by atoms with van der Waals surface area (Å²) in [6.45, 7) is 0.720. The molecule has 0 saturated heterocycles. The Kier molecular flexibility index (Phi) is 4.89. The molecule has 0 fully saturated rings. The van der Waals surface area contributed by atoms with Crippen LogP contribution in [0.5, 0.6) is 0 Å². The van der Waals surface area contributed by atoms with E-state index >= 15 is 0 Å². The first-order valence-electron chi connectivity index (χ1n) is 6.67. The molecule has 21 heavy (non-hydrogen) atoms. The van der Waals surface area contributed by atoms with Crippen LogP contribution in [0.1, 0.15) is 17.5 Å². The lowest BCUT2D eigenvalue weighted by Crippen LogP contribution is -2.04. The molecule has 0 aliphatic carbocycles. The van der Waals surface area contributed by atoms with Gasteiger partial charge in [0.05, 0.1) is 4.92 Å². The molecule has 106 valence electrons. The van der Waals surface area contributed by atoms with Crippen LogP contribution >= 0.6 is 0 Å². The van der Waals surface area contributed by atoms with Crippen molar-refractivity contribution < 1.29 is 4.92 Å². The number of hydrogen-bond acceptors (Lipinski definition) is 4. The molecule has 5 nitrogen and oxygen atoms in total. The number of anilines is 1. The SMILES string of the molecule is N#Cc1ccc(NCCCc2ccccc2)cc1[N+](=O)[O-]. The van der Waals surface area contributed by atoms with Gasteiger partial charge < -0.3 is 5.32 Å². The van der Waals surface area contributed by atoms with Crippen molar-refractivity contribution in [1.29, 1.82) is 5.26 Å². The van der Waals surface area contributed by atoms with Gasteiger partial charge in [-0.1, -0.05) is 30.3 Å². The number of benzene rings is 2. The quantitative estimate of drug-likeness (QED) is 0.499. The highest BCUT2D eigenvalue weighted by atomic mass is 16.6. The molecular weight excluding hydrogens is 266 g/mol. The van der Waals surface area contributed by atoms with Gasteiger partial charge in [0, 0.05) is 18.3 Å². The van der Waals surface area contributed by atoms with Gasteiger partial charge in [-0.2, -0.15) is 5.26 Å². The second kappa shape index (κ2) is 7.06. The van der Waals surface area contributed by atoms with Gasteiger partial charge in [0.15, 0.2) is 0 Å². The Morgan fingerprint density at radius 3 is 2.62 bits per heavy atom. The predicted octanol–water partition coefficient (Wildman–Crippen LogP) is 3.51. The zero-order valence-corrected chi connectivity index (χ0v) is 11.5. The summed E-state index contributed by atoms with van der Waals surface area (Å²) in [7, 11) is 0. The normalized spacial score (nSPS) is 9.86. The van der Waals surface area contributed by atoms with Crippen molar-refractivity contribution in [3.8, 4) is 6.07 Å². The fraction of sp³-hybridized carbons (Fsp3) is 0.188. The highest BCUT2D eigenvalue weighted by molar-refractivity contribution is 5.59. The maximum Gasteiger partial charge on any atom is 0.289 e. The zero-order valence-electron chi connectivity index (χ0n) is 11.5. The minimum Gasteiger partial charge on any atom is -0.385 e. The Hall–Kier alpha value is -2.87. The van der Waals surface area contributed by atoms with Crippen molar-refractivity contribution >= 4 is 11.4 Å². The molecule has 2 rings (SSSR count). The summed E-state index contributed by atoms with van der Waals surface area (Å²) in [5, 5.41) is 22.8. The summed E-state index contributed by atoms with van der Waals surface area (Å²) in [6.07, 6.45) is 1.88. The number of hydrogen-bond donors (Lipinski definition) is 1. The predicted molar refractivity (Wildman–Crippen MR) is 81.1 cm³/mol. The third-order valence-corrected chi connectivity index (χ3v) is 3.13. The Morgan fingerprint density at radius 2 is 1.95 bits per heavy atom. The molecule has 0 aromatic heterocycles. The monoisotopic (exact) mass is 281 g/mol. The van der Waals surface area contributed by atoms with Crippen molar-refractivity contribution in [2.75, 3.05) is 11.9 Å². The molecule has 0 spiro atoms. The first-order valence-corrected chi connectivity index (χ1v) is 6.67. The molecule has 0 aliphatic heterocycles. The second-order valence-corrected chi connectivity index (χ2v) is 4.62. The standard InChI is InChI=1S/C16H15N3O2/c17-12-14-8-9-15(11-16(14)19(20)21)18-10-4-7-13-5-2-1-3-6-13/h1-3,5-6,8-9,11,18H,4,7,10H2. The maximum absolute atomic E-state index is 10.9. The van der Waals surface area contributed by atoms with E-state index in [0.717, 1.165) is 19.4 Å². The van der Waals surface area contributed by atoms with Gasteiger partial charge in [-0.05, 0) is 30.5 Å². The summed E-state index contributed by atoms with van der Waals surface area (Å²) < 4.78 is 0. The van der Waals surface area contributed by atoms with E-state index in [9.17, 15) is 10.1 Å². The van der Waals surface area contributed by atoms with Crippen LogP contribution < -0.4 is 5.32 Å². The molecule has 1 N–H and O–H groups in total. The molecule has 0 heterocycles. The summed E-state index contributed by atoms with van der Waals surface area (Å²) in [5.74, 6) is 0. The van der Waals surface area contributed by atoms with Crippen molar-refractivity contribution in [2.45, 2.75) is 12.8 Å². The maximum atomic E-state index is 10.9. The van der Waals surface area contributed by atoms with Gasteiger partial charge >= 0.3 is 0 Å². The van der Waals surface area contributed by atoms with Crippen molar-refractivity contribution in [2.24, 2.45) is 0 Å². The van der Waals surface area contributed by atoms with Crippen molar-refractivity contribution in [3.05, 3.63) is 69.8 Å². The number of aryl methyl sites for hydroxylation is 1. The second-order valence-electron chi connectivity index (χ2n) is 4.62. The number of nitro benzene ring substituents is 1. The topological polar surface area (TPSA) is 79.0 Å². The van der Waals surface area contributed by atoms with E-state index in [2.05, 4.69) is 17.4 Å². The van der Waals surface area contributed by atoms with Crippen molar-refractivity contribution in [3.63, 3.8) is 0 Å². The molecular formula is C16H15N3O2. The summed E-state index contributed by atoms with van der Waals surface area (Å²) in [5.41, 5.74) is 1.85. The Labute approximate surface area is 123 Å². The van der Waals surface area contributed by atoms with E-state index in [1.54, 1.807) is 6.07 Å². The lowest BCUT2D eigenvalue weighted by Gasteiger charge is -2.07. The molecule has 0 bridgehead atoms. The van der Waals surface area contributed by atoms with E-state index in [4.69, 9.17) is 5.26 Å². The van der Waals surface area contributed by atoms with Gasteiger partial charge in [-0.15, -0.1) is 0 Å². The highest BCUT2D eigenvalue weighted by Crippen LogP contribution is 2.22. The van der Waals surface area contributed by atoms with Gasteiger partial charge in [-0.3, -0.25) is 10.1 Å². The number of nitrogens with zero attached hydrogens (tertiary/aromatic N) is 2. The molecule has 5 heteroatoms. The average molecular weight is 281 g/mol. The molecule has 2 aromatic carbocycles. The van der Waals surface area contributed by atoms with Gasteiger partial charge in [-0.25, -0.2) is 0 Å². The number of rotatable bonds is 6. The van der Waals surface area contributed by atoms with E-state index in [1.165, 1.54) is 17.7 Å². The first kappa shape index (κ1) is 14.5. The first-order chi connectivity index (χ1) is 10.2. The fourth-order valence-corrected chi connectivity index (χ4v) is 2.06. The minimum absolute atomic E-state index is 0.0786. The van der Waals surface area contributed by atoms with Crippen LogP contribution in [-0.4, -0.2) is 11.5 Å². The Morgan fingerprint density at radius 1 is 1.19 bits per heavy atom. The van der Waals surface area contributed by atoms with Gasteiger partial charge in [0.2, 0.25) is 0 Å². The molecule has 0 saturated carbocycles. The molecule has 0 aliphatic rings. The zero-order chi connectivity index (χ0) is 15.1. The van der Waals surface area contributed by atoms with E-state index in [1.807, 2.05) is 24.3 Å². The molecule has 0 atom stereocenters. The Balaban J connectivity index is 1.90. The Bertz CT molecular complexity index is 663. The summed E-state index contributed by atoms with van der Waals surface area (Å²) >= 11 is 0. The van der Waals surface area contributed by atoms with Crippen LogP contribution in [0.2, 0.25) is 0 Å².